The van der Waals surface area contributed by atoms with E-state index in [0.717, 1.165) is 12.3 Å². The Balaban J connectivity index is 3.78. The lowest BCUT2D eigenvalue weighted by atomic mass is 9.88. The molecular formula is C14H28O. The van der Waals surface area contributed by atoms with Crippen LogP contribution in [0.25, 0.3) is 0 Å². The van der Waals surface area contributed by atoms with Gasteiger partial charge in [0.2, 0.25) is 0 Å². The van der Waals surface area contributed by atoms with Gasteiger partial charge in [0.1, 0.15) is 5.78 Å². The monoisotopic (exact) mass is 212 g/mol. The molecule has 0 heterocycles. The van der Waals surface area contributed by atoms with Crippen LogP contribution in [0.4, 0.5) is 0 Å². The summed E-state index contributed by atoms with van der Waals surface area (Å²) in [7, 11) is 0. The molecule has 1 heteroatoms. The first-order chi connectivity index (χ1) is 7.11. The van der Waals surface area contributed by atoms with Crippen molar-refractivity contribution < 1.29 is 4.79 Å². The summed E-state index contributed by atoms with van der Waals surface area (Å²) < 4.78 is 0. The molecule has 0 amide bonds. The van der Waals surface area contributed by atoms with Gasteiger partial charge < -0.3 is 0 Å². The fourth-order valence-corrected chi connectivity index (χ4v) is 2.02. The van der Waals surface area contributed by atoms with Crippen LogP contribution in [0.5, 0.6) is 0 Å². The van der Waals surface area contributed by atoms with Crippen LogP contribution in [0, 0.1) is 11.8 Å². The van der Waals surface area contributed by atoms with Gasteiger partial charge in [-0.25, -0.2) is 0 Å². The van der Waals surface area contributed by atoms with E-state index in [1.54, 1.807) is 6.92 Å². The van der Waals surface area contributed by atoms with E-state index in [0.29, 0.717) is 5.78 Å². The van der Waals surface area contributed by atoms with E-state index >= 15 is 0 Å². The molecule has 0 aromatic rings. The first-order valence-electron chi connectivity index (χ1n) is 6.62. The summed E-state index contributed by atoms with van der Waals surface area (Å²) in [6.07, 6.45) is 8.95. The predicted molar refractivity (Wildman–Crippen MR) is 67.0 cm³/mol. The van der Waals surface area contributed by atoms with Gasteiger partial charge >= 0.3 is 0 Å². The molecule has 0 aliphatic rings. The highest BCUT2D eigenvalue weighted by Gasteiger charge is 2.12. The van der Waals surface area contributed by atoms with Crippen molar-refractivity contribution in [3.63, 3.8) is 0 Å². The number of carbonyl (C=O) groups excluding carboxylic acids is 1. The molecule has 0 N–H and O–H groups in total. The molecule has 0 aromatic carbocycles. The van der Waals surface area contributed by atoms with Gasteiger partial charge in [0.05, 0.1) is 0 Å². The fourth-order valence-electron chi connectivity index (χ4n) is 2.02. The average molecular weight is 212 g/mol. The first kappa shape index (κ1) is 14.7. The number of hydrogen-bond donors (Lipinski definition) is 0. The van der Waals surface area contributed by atoms with Crippen LogP contribution in [0.3, 0.4) is 0 Å². The van der Waals surface area contributed by atoms with Crippen LogP contribution in [-0.2, 0) is 4.79 Å². The maximum Gasteiger partial charge on any atom is 0.132 e. The summed E-state index contributed by atoms with van der Waals surface area (Å²) in [5.41, 5.74) is 0. The Bertz CT molecular complexity index is 163. The second kappa shape index (κ2) is 8.94. The molecule has 0 fully saturated rings. The van der Waals surface area contributed by atoms with E-state index in [4.69, 9.17) is 0 Å². The summed E-state index contributed by atoms with van der Waals surface area (Å²) >= 11 is 0. The lowest BCUT2D eigenvalue weighted by Gasteiger charge is -2.17. The summed E-state index contributed by atoms with van der Waals surface area (Å²) in [6.45, 7) is 8.28. The maximum atomic E-state index is 11.1. The normalized spacial score (nSPS) is 14.9. The third-order valence-corrected chi connectivity index (χ3v) is 3.36. The van der Waals surface area contributed by atoms with Crippen molar-refractivity contribution >= 4 is 5.78 Å². The van der Waals surface area contributed by atoms with Gasteiger partial charge in [0, 0.05) is 5.92 Å². The molecule has 2 atom stereocenters. The molecule has 1 nitrogen and oxygen atoms in total. The lowest BCUT2D eigenvalue weighted by Crippen LogP contribution is -2.09. The van der Waals surface area contributed by atoms with Crippen LogP contribution >= 0.6 is 0 Å². The Morgan fingerprint density at radius 2 is 1.67 bits per heavy atom. The van der Waals surface area contributed by atoms with E-state index in [1.807, 2.05) is 0 Å². The Kier molecular flexibility index (Phi) is 8.74. The number of hydrogen-bond acceptors (Lipinski definition) is 1. The van der Waals surface area contributed by atoms with Crippen molar-refractivity contribution in [1.82, 2.24) is 0 Å². The molecule has 2 unspecified atom stereocenters. The van der Waals surface area contributed by atoms with Gasteiger partial charge in [-0.2, -0.15) is 0 Å². The smallest absolute Gasteiger partial charge is 0.132 e. The molecule has 0 spiro atoms. The molecule has 0 aromatic heterocycles. The minimum atomic E-state index is 0.269. The Labute approximate surface area is 95.6 Å². The molecule has 0 radical (unpaired) electrons. The second-order valence-corrected chi connectivity index (χ2v) is 4.89. The van der Waals surface area contributed by atoms with Crippen molar-refractivity contribution in [2.45, 2.75) is 72.6 Å². The number of unbranched alkanes of at least 4 members (excludes halogenated alkanes) is 1. The highest BCUT2D eigenvalue weighted by atomic mass is 16.1. The van der Waals surface area contributed by atoms with Gasteiger partial charge in [0.25, 0.3) is 0 Å². The predicted octanol–water partition coefficient (Wildman–Crippen LogP) is 4.60. The molecule has 0 saturated heterocycles. The standard InChI is InChI=1S/C14H28O/c1-5-7-9-14(8-6-2)11-10-12(3)13(4)15/h12,14H,5-11H2,1-4H3. The second-order valence-electron chi connectivity index (χ2n) is 4.89. The Morgan fingerprint density at radius 1 is 1.00 bits per heavy atom. The van der Waals surface area contributed by atoms with Crippen LogP contribution in [-0.4, -0.2) is 5.78 Å². The molecule has 90 valence electrons. The number of Topliss-reactive ketones (excluding diaryl/α,β-unsaturated/α-hetero) is 1. The molecule has 15 heavy (non-hydrogen) atoms. The first-order valence-corrected chi connectivity index (χ1v) is 6.62. The minimum Gasteiger partial charge on any atom is -0.300 e. The van der Waals surface area contributed by atoms with Gasteiger partial charge in [-0.05, 0) is 25.7 Å². The third-order valence-electron chi connectivity index (χ3n) is 3.36. The van der Waals surface area contributed by atoms with Gasteiger partial charge in [0.15, 0.2) is 0 Å². The van der Waals surface area contributed by atoms with Crippen molar-refractivity contribution in [3.05, 3.63) is 0 Å². The fraction of sp³-hybridized carbons (Fsp3) is 0.929. The van der Waals surface area contributed by atoms with E-state index in [2.05, 4.69) is 20.8 Å². The van der Waals surface area contributed by atoms with Crippen molar-refractivity contribution in [3.8, 4) is 0 Å². The van der Waals surface area contributed by atoms with Gasteiger partial charge in [-0.1, -0.05) is 52.9 Å². The van der Waals surface area contributed by atoms with Gasteiger partial charge in [-0.15, -0.1) is 0 Å². The van der Waals surface area contributed by atoms with E-state index < -0.39 is 0 Å². The summed E-state index contributed by atoms with van der Waals surface area (Å²) in [5.74, 6) is 1.48. The zero-order valence-corrected chi connectivity index (χ0v) is 11.0. The molecular weight excluding hydrogens is 184 g/mol. The highest BCUT2D eigenvalue weighted by Crippen LogP contribution is 2.22. The van der Waals surface area contributed by atoms with Gasteiger partial charge in [-0.3, -0.25) is 4.79 Å². The highest BCUT2D eigenvalue weighted by molar-refractivity contribution is 5.77. The SMILES string of the molecule is CCCCC(CCC)CCC(C)C(C)=O. The van der Waals surface area contributed by atoms with Crippen molar-refractivity contribution in [2.24, 2.45) is 11.8 Å². The van der Waals surface area contributed by atoms with Crippen LogP contribution in [0.1, 0.15) is 72.6 Å². The van der Waals surface area contributed by atoms with E-state index in [1.165, 1.54) is 38.5 Å². The van der Waals surface area contributed by atoms with Crippen LogP contribution < -0.4 is 0 Å². The minimum absolute atomic E-state index is 0.269. The van der Waals surface area contributed by atoms with Crippen molar-refractivity contribution in [2.75, 3.05) is 0 Å². The number of carbonyl (C=O) groups is 1. The number of ketones is 1. The zero-order chi connectivity index (χ0) is 11.7. The molecule has 0 aliphatic heterocycles. The average Bonchev–Trinajstić information content (AvgIpc) is 2.21. The summed E-state index contributed by atoms with van der Waals surface area (Å²) in [6, 6.07) is 0. The van der Waals surface area contributed by atoms with Crippen LogP contribution in [0.2, 0.25) is 0 Å². The third kappa shape index (κ3) is 7.58. The number of rotatable bonds is 9. The lowest BCUT2D eigenvalue weighted by molar-refractivity contribution is -0.120. The van der Waals surface area contributed by atoms with Crippen molar-refractivity contribution in [1.29, 1.82) is 0 Å². The maximum absolute atomic E-state index is 11.1. The molecule has 0 bridgehead atoms. The quantitative estimate of drug-likeness (QED) is 0.546. The van der Waals surface area contributed by atoms with Crippen LogP contribution in [0.15, 0.2) is 0 Å². The molecule has 0 saturated carbocycles. The molecule has 0 rings (SSSR count). The van der Waals surface area contributed by atoms with E-state index in [-0.39, 0.29) is 5.92 Å². The van der Waals surface area contributed by atoms with E-state index in [9.17, 15) is 4.79 Å². The Hall–Kier alpha value is -0.330. The summed E-state index contributed by atoms with van der Waals surface area (Å²) in [5, 5.41) is 0. The largest absolute Gasteiger partial charge is 0.300 e. The zero-order valence-electron chi connectivity index (χ0n) is 11.0. The topological polar surface area (TPSA) is 17.1 Å². The summed E-state index contributed by atoms with van der Waals surface area (Å²) in [4.78, 5) is 11.1. The Morgan fingerprint density at radius 3 is 2.13 bits per heavy atom. The molecule has 0 aliphatic carbocycles.